The lowest BCUT2D eigenvalue weighted by molar-refractivity contribution is 0.0988. The maximum absolute atomic E-state index is 14.2. The van der Waals surface area contributed by atoms with E-state index >= 15 is 0 Å². The van der Waals surface area contributed by atoms with Crippen LogP contribution in [-0.4, -0.2) is 15.9 Å². The number of hydrogen-bond donors (Lipinski definition) is 2. The van der Waals surface area contributed by atoms with Crippen LogP contribution in [0.25, 0.3) is 5.70 Å². The Labute approximate surface area is 160 Å². The first kappa shape index (κ1) is 18.8. The van der Waals surface area contributed by atoms with Crippen LogP contribution in [0.5, 0.6) is 0 Å². The van der Waals surface area contributed by atoms with Gasteiger partial charge in [0, 0.05) is 34.1 Å². The summed E-state index contributed by atoms with van der Waals surface area (Å²) in [7, 11) is 0. The Morgan fingerprint density at radius 2 is 1.78 bits per heavy atom. The molecule has 3 rings (SSSR count). The number of aromatic nitrogens is 1. The topological polar surface area (TPSA) is 76.2 Å². The number of aliphatic hydroxyl groups is 1. The van der Waals surface area contributed by atoms with Gasteiger partial charge in [0.1, 0.15) is 11.9 Å². The lowest BCUT2D eigenvalue weighted by Gasteiger charge is -2.18. The molecular formula is C21H16ClFN2O2. The zero-order valence-corrected chi connectivity index (χ0v) is 14.9. The van der Waals surface area contributed by atoms with Crippen molar-refractivity contribution in [2.24, 2.45) is 5.73 Å². The fourth-order valence-electron chi connectivity index (χ4n) is 2.68. The Hall–Kier alpha value is -3.02. The SMILES string of the molecule is NC(=C(C(=O)c1ccc(Cl)cc1)C(O)c1cccnc1)c1ccccc1F. The highest BCUT2D eigenvalue weighted by molar-refractivity contribution is 6.30. The normalized spacial score (nSPS) is 13.0. The van der Waals surface area contributed by atoms with Gasteiger partial charge in [0.05, 0.1) is 11.3 Å². The van der Waals surface area contributed by atoms with Crippen molar-refractivity contribution in [1.29, 1.82) is 0 Å². The van der Waals surface area contributed by atoms with Gasteiger partial charge < -0.3 is 10.8 Å². The summed E-state index contributed by atoms with van der Waals surface area (Å²) in [4.78, 5) is 17.1. The second kappa shape index (κ2) is 8.12. The standard InChI is InChI=1S/C21H16ClFN2O2/c22-15-9-7-13(8-10-15)20(26)18(21(27)14-4-3-11-25-12-14)19(24)16-5-1-2-6-17(16)23/h1-12,21,27H,24H2. The maximum Gasteiger partial charge on any atom is 0.194 e. The lowest BCUT2D eigenvalue weighted by atomic mass is 9.91. The molecule has 27 heavy (non-hydrogen) atoms. The summed E-state index contributed by atoms with van der Waals surface area (Å²) in [5.41, 5.74) is 6.58. The van der Waals surface area contributed by atoms with E-state index in [1.165, 1.54) is 36.5 Å². The number of nitrogens with two attached hydrogens (primary N) is 1. The number of hydrogen-bond acceptors (Lipinski definition) is 4. The number of Topliss-reactive ketones (excluding diaryl/α,β-unsaturated/α-hetero) is 1. The summed E-state index contributed by atoms with van der Waals surface area (Å²) in [5, 5.41) is 11.3. The minimum atomic E-state index is -1.37. The summed E-state index contributed by atoms with van der Waals surface area (Å²) in [6.45, 7) is 0. The molecule has 0 fully saturated rings. The van der Waals surface area contributed by atoms with Crippen molar-refractivity contribution in [3.63, 3.8) is 0 Å². The monoisotopic (exact) mass is 382 g/mol. The minimum absolute atomic E-state index is 0.0396. The molecule has 0 spiro atoms. The van der Waals surface area contributed by atoms with Crippen LogP contribution in [0.1, 0.15) is 27.6 Å². The molecular weight excluding hydrogens is 367 g/mol. The fraction of sp³-hybridized carbons (Fsp3) is 0.0476. The summed E-state index contributed by atoms with van der Waals surface area (Å²) in [5.74, 6) is -1.11. The Kier molecular flexibility index (Phi) is 5.64. The molecule has 6 heteroatoms. The van der Waals surface area contributed by atoms with Crippen LogP contribution in [-0.2, 0) is 0 Å². The van der Waals surface area contributed by atoms with E-state index in [0.717, 1.165) is 0 Å². The molecule has 2 aromatic carbocycles. The Morgan fingerprint density at radius 3 is 2.41 bits per heavy atom. The van der Waals surface area contributed by atoms with Crippen LogP contribution in [0.4, 0.5) is 4.39 Å². The molecule has 1 aromatic heterocycles. The number of rotatable bonds is 5. The van der Waals surface area contributed by atoms with Gasteiger partial charge in [-0.05, 0) is 42.5 Å². The number of nitrogens with zero attached hydrogens (tertiary/aromatic N) is 1. The Bertz CT molecular complexity index is 989. The van der Waals surface area contributed by atoms with Crippen molar-refractivity contribution in [1.82, 2.24) is 4.98 Å². The quantitative estimate of drug-likeness (QED) is 0.513. The fourth-order valence-corrected chi connectivity index (χ4v) is 2.81. The van der Waals surface area contributed by atoms with Crippen LogP contribution < -0.4 is 5.73 Å². The van der Waals surface area contributed by atoms with Crippen LogP contribution in [0.15, 0.2) is 78.6 Å². The first-order valence-corrected chi connectivity index (χ1v) is 8.49. The van der Waals surface area contributed by atoms with Crippen LogP contribution in [0.3, 0.4) is 0 Å². The molecule has 136 valence electrons. The summed E-state index contributed by atoms with van der Waals surface area (Å²) in [6.07, 6.45) is 1.59. The van der Waals surface area contributed by atoms with Gasteiger partial charge >= 0.3 is 0 Å². The highest BCUT2D eigenvalue weighted by Crippen LogP contribution is 2.30. The number of aliphatic hydroxyl groups excluding tert-OH is 1. The average molecular weight is 383 g/mol. The first-order valence-electron chi connectivity index (χ1n) is 8.12. The van der Waals surface area contributed by atoms with Gasteiger partial charge in [-0.1, -0.05) is 29.8 Å². The highest BCUT2D eigenvalue weighted by Gasteiger charge is 2.26. The third-order valence-corrected chi connectivity index (χ3v) is 4.33. The van der Waals surface area contributed by atoms with E-state index < -0.39 is 17.7 Å². The molecule has 0 aliphatic heterocycles. The van der Waals surface area contributed by atoms with E-state index in [9.17, 15) is 14.3 Å². The van der Waals surface area contributed by atoms with Gasteiger partial charge in [-0.3, -0.25) is 9.78 Å². The average Bonchev–Trinajstić information content (AvgIpc) is 2.69. The molecule has 0 bridgehead atoms. The third-order valence-electron chi connectivity index (χ3n) is 4.08. The predicted octanol–water partition coefficient (Wildman–Crippen LogP) is 4.16. The van der Waals surface area contributed by atoms with E-state index in [1.54, 1.807) is 36.5 Å². The minimum Gasteiger partial charge on any atom is -0.398 e. The van der Waals surface area contributed by atoms with E-state index in [1.807, 2.05) is 0 Å². The number of ketones is 1. The predicted molar refractivity (Wildman–Crippen MR) is 102 cm³/mol. The molecule has 0 aliphatic rings. The Balaban J connectivity index is 2.17. The molecule has 0 aliphatic carbocycles. The summed E-state index contributed by atoms with van der Waals surface area (Å²) in [6, 6.07) is 15.2. The van der Waals surface area contributed by atoms with Gasteiger partial charge in [0.15, 0.2) is 5.78 Å². The third kappa shape index (κ3) is 4.05. The van der Waals surface area contributed by atoms with Gasteiger partial charge in [0.2, 0.25) is 0 Å². The second-order valence-corrected chi connectivity index (χ2v) is 6.27. The van der Waals surface area contributed by atoms with Crippen molar-refractivity contribution < 1.29 is 14.3 Å². The van der Waals surface area contributed by atoms with E-state index in [-0.39, 0.29) is 22.4 Å². The van der Waals surface area contributed by atoms with Crippen LogP contribution in [0, 0.1) is 5.82 Å². The number of carbonyl (C=O) groups is 1. The van der Waals surface area contributed by atoms with Crippen molar-refractivity contribution in [2.45, 2.75) is 6.10 Å². The Morgan fingerprint density at radius 1 is 1.07 bits per heavy atom. The lowest BCUT2D eigenvalue weighted by Crippen LogP contribution is -2.18. The molecule has 4 nitrogen and oxygen atoms in total. The molecule has 0 saturated heterocycles. The molecule has 3 aromatic rings. The van der Waals surface area contributed by atoms with E-state index in [2.05, 4.69) is 4.98 Å². The van der Waals surface area contributed by atoms with Crippen molar-refractivity contribution in [2.75, 3.05) is 0 Å². The zero-order valence-electron chi connectivity index (χ0n) is 14.1. The van der Waals surface area contributed by atoms with Gasteiger partial charge in [-0.25, -0.2) is 4.39 Å². The molecule has 3 N–H and O–H groups in total. The van der Waals surface area contributed by atoms with Crippen LogP contribution >= 0.6 is 11.6 Å². The first-order chi connectivity index (χ1) is 13.0. The van der Waals surface area contributed by atoms with E-state index in [4.69, 9.17) is 17.3 Å². The van der Waals surface area contributed by atoms with Gasteiger partial charge in [0.25, 0.3) is 0 Å². The molecule has 1 heterocycles. The van der Waals surface area contributed by atoms with Crippen molar-refractivity contribution >= 4 is 23.1 Å². The van der Waals surface area contributed by atoms with Crippen molar-refractivity contribution in [3.05, 3.63) is 106 Å². The summed E-state index contributed by atoms with van der Waals surface area (Å²) >= 11 is 5.88. The number of benzene rings is 2. The maximum atomic E-state index is 14.2. The summed E-state index contributed by atoms with van der Waals surface area (Å²) < 4.78 is 14.2. The molecule has 0 saturated carbocycles. The number of halogens is 2. The second-order valence-electron chi connectivity index (χ2n) is 5.83. The zero-order chi connectivity index (χ0) is 19.4. The molecule has 1 unspecified atom stereocenters. The molecule has 0 radical (unpaired) electrons. The number of carbonyl (C=O) groups excluding carboxylic acids is 1. The van der Waals surface area contributed by atoms with E-state index in [0.29, 0.717) is 10.6 Å². The van der Waals surface area contributed by atoms with Crippen LogP contribution in [0.2, 0.25) is 5.02 Å². The van der Waals surface area contributed by atoms with Crippen molar-refractivity contribution in [3.8, 4) is 0 Å². The smallest absolute Gasteiger partial charge is 0.194 e. The molecule has 0 amide bonds. The van der Waals surface area contributed by atoms with Gasteiger partial charge in [-0.2, -0.15) is 0 Å². The van der Waals surface area contributed by atoms with Gasteiger partial charge in [-0.15, -0.1) is 0 Å². The largest absolute Gasteiger partial charge is 0.398 e. The number of pyridine rings is 1. The highest BCUT2D eigenvalue weighted by atomic mass is 35.5. The molecule has 1 atom stereocenters.